The zero-order valence-electron chi connectivity index (χ0n) is 12.3. The minimum absolute atomic E-state index is 0.138. The van der Waals surface area contributed by atoms with Gasteiger partial charge in [-0.15, -0.1) is 14.8 Å². The quantitative estimate of drug-likeness (QED) is 0.831. The second-order valence-corrected chi connectivity index (χ2v) is 7.11. The van der Waals surface area contributed by atoms with Crippen molar-refractivity contribution >= 4 is 15.7 Å². The van der Waals surface area contributed by atoms with E-state index in [9.17, 15) is 8.42 Å². The molecular weight excluding hydrogens is 294 g/mol. The summed E-state index contributed by atoms with van der Waals surface area (Å²) in [6, 6.07) is 1.80. The number of ether oxygens (including phenoxy) is 1. The Labute approximate surface area is 123 Å². The number of sulfonamides is 1. The number of nitrogens with two attached hydrogens (primary N) is 1. The molecule has 0 radical (unpaired) electrons. The number of primary sulfonamides is 1. The van der Waals surface area contributed by atoms with Crippen molar-refractivity contribution in [1.82, 2.24) is 19.8 Å². The van der Waals surface area contributed by atoms with Crippen LogP contribution < -0.4 is 9.88 Å². The molecule has 1 atom stereocenters. The van der Waals surface area contributed by atoms with Gasteiger partial charge in [0.25, 0.3) is 0 Å². The van der Waals surface area contributed by atoms with E-state index < -0.39 is 15.4 Å². The van der Waals surface area contributed by atoms with Crippen LogP contribution in [-0.2, 0) is 10.0 Å². The van der Waals surface area contributed by atoms with Gasteiger partial charge in [0.2, 0.25) is 15.9 Å². The lowest BCUT2D eigenvalue weighted by Gasteiger charge is -2.26. The molecule has 0 saturated heterocycles. The Kier molecular flexibility index (Phi) is 4.15. The van der Waals surface area contributed by atoms with Crippen LogP contribution in [0.15, 0.2) is 12.4 Å². The lowest BCUT2D eigenvalue weighted by atomic mass is 9.91. The summed E-state index contributed by atoms with van der Waals surface area (Å²) in [5.41, 5.74) is 0.867. The van der Waals surface area contributed by atoms with E-state index in [4.69, 9.17) is 9.88 Å². The van der Waals surface area contributed by atoms with Gasteiger partial charge < -0.3 is 4.74 Å². The molecule has 116 valence electrons. The van der Waals surface area contributed by atoms with Gasteiger partial charge in [0.15, 0.2) is 5.65 Å². The van der Waals surface area contributed by atoms with Crippen LogP contribution in [0.4, 0.5) is 0 Å². The van der Waals surface area contributed by atoms with Gasteiger partial charge in [-0.1, -0.05) is 13.8 Å². The summed E-state index contributed by atoms with van der Waals surface area (Å²) in [6.07, 6.45) is 2.02. The Hall–Kier alpha value is -1.74. The van der Waals surface area contributed by atoms with Crippen LogP contribution in [0.1, 0.15) is 25.8 Å². The van der Waals surface area contributed by atoms with Crippen LogP contribution in [0.5, 0.6) is 5.88 Å². The van der Waals surface area contributed by atoms with Gasteiger partial charge in [-0.05, 0) is 19.4 Å². The van der Waals surface area contributed by atoms with Gasteiger partial charge in [0.05, 0.1) is 12.4 Å². The minimum atomic E-state index is -3.56. The third-order valence-corrected chi connectivity index (χ3v) is 4.48. The molecule has 2 N–H and O–H groups in total. The Morgan fingerprint density at radius 1 is 1.48 bits per heavy atom. The normalized spacial score (nSPS) is 15.0. The Morgan fingerprint density at radius 3 is 2.81 bits per heavy atom. The molecule has 0 fully saturated rings. The average Bonchev–Trinajstić information content (AvgIpc) is 2.81. The first-order valence-electron chi connectivity index (χ1n) is 6.53. The van der Waals surface area contributed by atoms with Gasteiger partial charge >= 0.3 is 0 Å². The van der Waals surface area contributed by atoms with Crippen LogP contribution in [0.2, 0.25) is 0 Å². The topological polar surface area (TPSA) is 112 Å². The Morgan fingerprint density at radius 2 is 2.19 bits per heavy atom. The molecule has 0 aliphatic heterocycles. The predicted molar refractivity (Wildman–Crippen MR) is 77.4 cm³/mol. The molecule has 8 nitrogen and oxygen atoms in total. The highest BCUT2D eigenvalue weighted by atomic mass is 32.2. The predicted octanol–water partition coefficient (Wildman–Crippen LogP) is 0.516. The van der Waals surface area contributed by atoms with Crippen molar-refractivity contribution in [2.75, 3.05) is 12.4 Å². The molecule has 0 spiro atoms. The van der Waals surface area contributed by atoms with Crippen LogP contribution in [0, 0.1) is 12.3 Å². The maximum absolute atomic E-state index is 11.3. The smallest absolute Gasteiger partial charge is 0.236 e. The van der Waals surface area contributed by atoms with E-state index in [-0.39, 0.29) is 12.4 Å². The molecule has 2 heterocycles. The standard InChI is InChI=1S/C12H19N5O3S/c1-4-12(3,7-21(13,18)19)6-20-11-9(2)5-10-14-8-15-17(10)16-11/h5,8H,4,6-7H2,1-3H3,(H2,13,18,19). The molecule has 0 aromatic carbocycles. The number of hydrogen-bond donors (Lipinski definition) is 1. The van der Waals surface area contributed by atoms with E-state index in [2.05, 4.69) is 15.2 Å². The first kappa shape index (κ1) is 15.6. The van der Waals surface area contributed by atoms with E-state index in [0.29, 0.717) is 17.9 Å². The van der Waals surface area contributed by atoms with E-state index in [1.807, 2.05) is 20.8 Å². The average molecular weight is 313 g/mol. The molecule has 0 amide bonds. The van der Waals surface area contributed by atoms with Gasteiger partial charge in [-0.25, -0.2) is 18.5 Å². The summed E-state index contributed by atoms with van der Waals surface area (Å²) in [6.45, 7) is 5.77. The van der Waals surface area contributed by atoms with Crippen molar-refractivity contribution in [3.8, 4) is 5.88 Å². The number of fused-ring (bicyclic) bond motifs is 1. The second kappa shape index (κ2) is 5.57. The summed E-state index contributed by atoms with van der Waals surface area (Å²) < 4.78 is 29.7. The highest BCUT2D eigenvalue weighted by Crippen LogP contribution is 2.25. The van der Waals surface area contributed by atoms with Gasteiger partial charge in [-0.2, -0.15) is 0 Å². The highest BCUT2D eigenvalue weighted by Gasteiger charge is 2.29. The number of hydrogen-bond acceptors (Lipinski definition) is 6. The summed E-state index contributed by atoms with van der Waals surface area (Å²) in [7, 11) is -3.56. The number of aromatic nitrogens is 4. The summed E-state index contributed by atoms with van der Waals surface area (Å²) in [5.74, 6) is 0.267. The first-order chi connectivity index (χ1) is 9.72. The maximum atomic E-state index is 11.3. The Bertz CT molecular complexity index is 742. The third-order valence-electron chi connectivity index (χ3n) is 3.38. The molecular formula is C12H19N5O3S. The molecule has 1 unspecified atom stereocenters. The van der Waals surface area contributed by atoms with Gasteiger partial charge in [-0.3, -0.25) is 0 Å². The van der Waals surface area contributed by atoms with Crippen molar-refractivity contribution in [3.05, 3.63) is 18.0 Å². The van der Waals surface area contributed by atoms with Crippen molar-refractivity contribution in [1.29, 1.82) is 0 Å². The fraction of sp³-hybridized carbons (Fsp3) is 0.583. The molecule has 21 heavy (non-hydrogen) atoms. The van der Waals surface area contributed by atoms with Crippen LogP contribution in [-0.4, -0.2) is 40.6 Å². The van der Waals surface area contributed by atoms with Crippen molar-refractivity contribution in [3.63, 3.8) is 0 Å². The zero-order chi connectivity index (χ0) is 15.7. The minimum Gasteiger partial charge on any atom is -0.476 e. The van der Waals surface area contributed by atoms with Crippen LogP contribution in [0.25, 0.3) is 5.65 Å². The molecule has 9 heteroatoms. The van der Waals surface area contributed by atoms with Crippen LogP contribution in [0.3, 0.4) is 0 Å². The molecule has 0 saturated carbocycles. The summed E-state index contributed by atoms with van der Waals surface area (Å²) in [4.78, 5) is 4.03. The highest BCUT2D eigenvalue weighted by molar-refractivity contribution is 7.89. The maximum Gasteiger partial charge on any atom is 0.236 e. The lowest BCUT2D eigenvalue weighted by molar-refractivity contribution is 0.169. The third kappa shape index (κ3) is 3.88. The number of rotatable bonds is 6. The largest absolute Gasteiger partial charge is 0.476 e. The molecule has 2 rings (SSSR count). The SMILES string of the molecule is CCC(C)(COc1nn2ncnc2cc1C)CS(N)(=O)=O. The van der Waals surface area contributed by atoms with E-state index >= 15 is 0 Å². The van der Waals surface area contributed by atoms with E-state index in [1.165, 1.54) is 11.0 Å². The summed E-state index contributed by atoms with van der Waals surface area (Å²) in [5, 5.41) is 13.3. The van der Waals surface area contributed by atoms with E-state index in [1.54, 1.807) is 6.07 Å². The lowest BCUT2D eigenvalue weighted by Crippen LogP contribution is -2.35. The fourth-order valence-corrected chi connectivity index (χ4v) is 3.21. The Balaban J connectivity index is 2.17. The molecule has 2 aromatic heterocycles. The fourth-order valence-electron chi connectivity index (χ4n) is 1.95. The number of nitrogens with zero attached hydrogens (tertiary/aromatic N) is 4. The van der Waals surface area contributed by atoms with Gasteiger partial charge in [0.1, 0.15) is 6.33 Å². The van der Waals surface area contributed by atoms with Gasteiger partial charge in [0, 0.05) is 11.0 Å². The molecule has 0 aliphatic carbocycles. The first-order valence-corrected chi connectivity index (χ1v) is 8.25. The molecule has 0 bridgehead atoms. The van der Waals surface area contributed by atoms with E-state index in [0.717, 1.165) is 5.56 Å². The van der Waals surface area contributed by atoms with Crippen molar-refractivity contribution in [2.45, 2.75) is 27.2 Å². The zero-order valence-corrected chi connectivity index (χ0v) is 13.1. The van der Waals surface area contributed by atoms with Crippen molar-refractivity contribution < 1.29 is 13.2 Å². The second-order valence-electron chi connectivity index (χ2n) is 5.50. The van der Waals surface area contributed by atoms with Crippen molar-refractivity contribution in [2.24, 2.45) is 10.6 Å². The summed E-state index contributed by atoms with van der Waals surface area (Å²) >= 11 is 0. The number of aryl methyl sites for hydroxylation is 1. The van der Waals surface area contributed by atoms with Crippen LogP contribution >= 0.6 is 0 Å². The molecule has 2 aromatic rings. The molecule has 0 aliphatic rings. The monoisotopic (exact) mass is 313 g/mol.